The summed E-state index contributed by atoms with van der Waals surface area (Å²) in [5.41, 5.74) is 5.51. The minimum absolute atomic E-state index is 0.0903. The molecule has 13 heavy (non-hydrogen) atoms. The summed E-state index contributed by atoms with van der Waals surface area (Å²) in [5.74, 6) is -0.203. The van der Waals surface area contributed by atoms with Crippen LogP contribution in [0.25, 0.3) is 0 Å². The van der Waals surface area contributed by atoms with E-state index in [0.29, 0.717) is 5.92 Å². The Kier molecular flexibility index (Phi) is 2.06. The zero-order chi connectivity index (χ0) is 9.47. The van der Waals surface area contributed by atoms with E-state index in [1.165, 1.54) is 12.8 Å². The molecule has 74 valence electrons. The van der Waals surface area contributed by atoms with Crippen LogP contribution in [0.4, 0.5) is 0 Å². The molecule has 0 aromatic heterocycles. The molecule has 1 atom stereocenters. The van der Waals surface area contributed by atoms with Gasteiger partial charge in [0, 0.05) is 6.04 Å². The van der Waals surface area contributed by atoms with E-state index < -0.39 is 11.4 Å². The third-order valence-corrected chi connectivity index (χ3v) is 3.76. The Hall–Kier alpha value is -0.570. The third kappa shape index (κ3) is 1.35. The van der Waals surface area contributed by atoms with E-state index in [4.69, 9.17) is 10.8 Å². The third-order valence-electron chi connectivity index (χ3n) is 3.76. The molecule has 0 aliphatic heterocycles. The first-order valence-electron chi connectivity index (χ1n) is 5.16. The van der Waals surface area contributed by atoms with E-state index in [-0.39, 0.29) is 6.04 Å². The van der Waals surface area contributed by atoms with Gasteiger partial charge in [0.2, 0.25) is 0 Å². The van der Waals surface area contributed by atoms with Crippen LogP contribution in [0.3, 0.4) is 0 Å². The number of aliphatic carboxylic acids is 1. The number of rotatable bonds is 3. The fourth-order valence-electron chi connectivity index (χ4n) is 2.59. The Morgan fingerprint density at radius 3 is 2.31 bits per heavy atom. The maximum atomic E-state index is 11.0. The lowest BCUT2D eigenvalue weighted by atomic mass is 9.85. The highest BCUT2D eigenvalue weighted by Gasteiger charge is 2.56. The Bertz CT molecular complexity index is 217. The highest BCUT2D eigenvalue weighted by Crippen LogP contribution is 2.52. The van der Waals surface area contributed by atoms with Gasteiger partial charge in [-0.1, -0.05) is 12.8 Å². The average molecular weight is 183 g/mol. The van der Waals surface area contributed by atoms with Crippen molar-refractivity contribution in [3.05, 3.63) is 0 Å². The SMILES string of the molecule is NC(C1CCCC1)C1(C(=O)O)CC1. The second-order valence-electron chi connectivity index (χ2n) is 4.53. The van der Waals surface area contributed by atoms with Gasteiger partial charge >= 0.3 is 5.97 Å². The fourth-order valence-corrected chi connectivity index (χ4v) is 2.59. The Morgan fingerprint density at radius 1 is 1.38 bits per heavy atom. The largest absolute Gasteiger partial charge is 0.481 e. The summed E-state index contributed by atoms with van der Waals surface area (Å²) < 4.78 is 0. The van der Waals surface area contributed by atoms with Crippen LogP contribution >= 0.6 is 0 Å². The second-order valence-corrected chi connectivity index (χ2v) is 4.53. The van der Waals surface area contributed by atoms with Crippen molar-refractivity contribution in [2.24, 2.45) is 17.1 Å². The number of carboxylic acid groups (broad SMARTS) is 1. The summed E-state index contributed by atoms with van der Waals surface area (Å²) >= 11 is 0. The molecule has 0 aromatic carbocycles. The first kappa shape index (κ1) is 9.00. The molecule has 3 nitrogen and oxygen atoms in total. The summed E-state index contributed by atoms with van der Waals surface area (Å²) in [6.07, 6.45) is 6.31. The average Bonchev–Trinajstić information content (AvgIpc) is 2.74. The predicted molar refractivity (Wildman–Crippen MR) is 49.2 cm³/mol. The number of hydrogen-bond donors (Lipinski definition) is 2. The summed E-state index contributed by atoms with van der Waals surface area (Å²) in [6.45, 7) is 0. The van der Waals surface area contributed by atoms with Crippen molar-refractivity contribution in [1.29, 1.82) is 0 Å². The van der Waals surface area contributed by atoms with E-state index in [1.54, 1.807) is 0 Å². The van der Waals surface area contributed by atoms with Crippen LogP contribution in [-0.2, 0) is 4.79 Å². The van der Waals surface area contributed by atoms with Gasteiger partial charge in [-0.3, -0.25) is 4.79 Å². The zero-order valence-electron chi connectivity index (χ0n) is 7.83. The van der Waals surface area contributed by atoms with Crippen molar-refractivity contribution in [3.63, 3.8) is 0 Å². The molecule has 2 fully saturated rings. The Labute approximate surface area is 78.3 Å². The molecule has 0 aromatic rings. The summed E-state index contributed by atoms with van der Waals surface area (Å²) in [4.78, 5) is 11.0. The molecule has 0 heterocycles. The second kappa shape index (κ2) is 2.98. The lowest BCUT2D eigenvalue weighted by Gasteiger charge is -2.24. The van der Waals surface area contributed by atoms with Crippen molar-refractivity contribution in [2.75, 3.05) is 0 Å². The first-order chi connectivity index (χ1) is 6.17. The number of hydrogen-bond acceptors (Lipinski definition) is 2. The minimum Gasteiger partial charge on any atom is -0.481 e. The van der Waals surface area contributed by atoms with Gasteiger partial charge in [0.1, 0.15) is 0 Å². The van der Waals surface area contributed by atoms with Crippen molar-refractivity contribution < 1.29 is 9.90 Å². The van der Waals surface area contributed by atoms with E-state index in [0.717, 1.165) is 25.7 Å². The zero-order valence-corrected chi connectivity index (χ0v) is 7.83. The van der Waals surface area contributed by atoms with Crippen molar-refractivity contribution in [2.45, 2.75) is 44.6 Å². The van der Waals surface area contributed by atoms with E-state index in [2.05, 4.69) is 0 Å². The molecular formula is C10H17NO2. The van der Waals surface area contributed by atoms with Crippen LogP contribution in [0, 0.1) is 11.3 Å². The summed E-state index contributed by atoms with van der Waals surface area (Å²) in [6, 6.07) is -0.0903. The maximum Gasteiger partial charge on any atom is 0.311 e. The number of carboxylic acids is 1. The molecule has 2 saturated carbocycles. The highest BCUT2D eigenvalue weighted by atomic mass is 16.4. The quantitative estimate of drug-likeness (QED) is 0.694. The fraction of sp³-hybridized carbons (Fsp3) is 0.900. The first-order valence-corrected chi connectivity index (χ1v) is 5.16. The van der Waals surface area contributed by atoms with Crippen molar-refractivity contribution in [1.82, 2.24) is 0 Å². The van der Waals surface area contributed by atoms with Crippen molar-refractivity contribution in [3.8, 4) is 0 Å². The lowest BCUT2D eigenvalue weighted by Crippen LogP contribution is -2.42. The van der Waals surface area contributed by atoms with Gasteiger partial charge in [-0.15, -0.1) is 0 Å². The molecule has 0 bridgehead atoms. The highest BCUT2D eigenvalue weighted by molar-refractivity contribution is 5.78. The topological polar surface area (TPSA) is 63.3 Å². The molecule has 2 aliphatic rings. The summed E-state index contributed by atoms with van der Waals surface area (Å²) in [5, 5.41) is 9.05. The standard InChI is InChI=1S/C10H17NO2/c11-8(7-3-1-2-4-7)10(5-6-10)9(12)13/h7-8H,1-6,11H2,(H,12,13). The monoisotopic (exact) mass is 183 g/mol. The van der Waals surface area contributed by atoms with Crippen LogP contribution in [0.2, 0.25) is 0 Å². The van der Waals surface area contributed by atoms with Gasteiger partial charge in [-0.2, -0.15) is 0 Å². The van der Waals surface area contributed by atoms with Crippen LogP contribution in [0.5, 0.6) is 0 Å². The van der Waals surface area contributed by atoms with Crippen LogP contribution in [0.15, 0.2) is 0 Å². The number of nitrogens with two attached hydrogens (primary N) is 1. The van der Waals surface area contributed by atoms with Gasteiger partial charge in [-0.05, 0) is 31.6 Å². The molecule has 0 spiro atoms. The molecule has 0 amide bonds. The van der Waals surface area contributed by atoms with Gasteiger partial charge in [0.15, 0.2) is 0 Å². The van der Waals surface area contributed by atoms with Gasteiger partial charge in [0.05, 0.1) is 5.41 Å². The molecule has 0 radical (unpaired) electrons. The van der Waals surface area contributed by atoms with Gasteiger partial charge in [-0.25, -0.2) is 0 Å². The minimum atomic E-state index is -0.674. The Balaban J connectivity index is 2.03. The molecule has 3 heteroatoms. The van der Waals surface area contributed by atoms with Gasteiger partial charge < -0.3 is 10.8 Å². The molecule has 3 N–H and O–H groups in total. The Morgan fingerprint density at radius 2 is 1.92 bits per heavy atom. The lowest BCUT2D eigenvalue weighted by molar-refractivity contribution is -0.144. The number of carbonyl (C=O) groups is 1. The maximum absolute atomic E-state index is 11.0. The molecular weight excluding hydrogens is 166 g/mol. The molecule has 0 saturated heterocycles. The van der Waals surface area contributed by atoms with Crippen LogP contribution < -0.4 is 5.73 Å². The van der Waals surface area contributed by atoms with E-state index in [1.807, 2.05) is 0 Å². The van der Waals surface area contributed by atoms with E-state index in [9.17, 15) is 4.79 Å². The van der Waals surface area contributed by atoms with Crippen molar-refractivity contribution >= 4 is 5.97 Å². The van der Waals surface area contributed by atoms with Crippen LogP contribution in [-0.4, -0.2) is 17.1 Å². The summed E-state index contributed by atoms with van der Waals surface area (Å²) in [7, 11) is 0. The molecule has 2 aliphatic carbocycles. The molecule has 1 unspecified atom stereocenters. The predicted octanol–water partition coefficient (Wildman–Crippen LogP) is 1.37. The normalized spacial score (nSPS) is 28.7. The van der Waals surface area contributed by atoms with E-state index >= 15 is 0 Å². The van der Waals surface area contributed by atoms with Crippen LogP contribution in [0.1, 0.15) is 38.5 Å². The molecule has 2 rings (SSSR count). The smallest absolute Gasteiger partial charge is 0.311 e. The van der Waals surface area contributed by atoms with Gasteiger partial charge in [0.25, 0.3) is 0 Å².